The maximum Gasteiger partial charge on any atom is 0.419 e. The molecular weight excluding hydrogens is 1860 g/mol. The molecule has 1 aliphatic carbocycles. The quantitative estimate of drug-likeness (QED) is 0.0107. The largest absolute Gasteiger partial charge is 0.460 e. The van der Waals surface area contributed by atoms with Crippen molar-refractivity contribution >= 4 is 99.4 Å². The molecule has 3 aromatic heterocycles. The van der Waals surface area contributed by atoms with E-state index in [1.165, 1.54) is 50.3 Å². The molecule has 0 radical (unpaired) electrons. The molecule has 9 atom stereocenters. The second kappa shape index (κ2) is 47.6. The fraction of sp³-hybridized carbons (Fsp3) is 0.451. The van der Waals surface area contributed by atoms with E-state index >= 15 is 38.4 Å². The first-order chi connectivity index (χ1) is 69.0. The molecule has 1 saturated heterocycles. The van der Waals surface area contributed by atoms with Crippen molar-refractivity contribution in [3.63, 3.8) is 0 Å². The maximum atomic E-state index is 16.7. The van der Waals surface area contributed by atoms with E-state index in [1.807, 2.05) is 158 Å². The summed E-state index contributed by atoms with van der Waals surface area (Å²) in [6.07, 6.45) is 1.35. The van der Waals surface area contributed by atoms with E-state index in [4.69, 9.17) is 39.1 Å². The summed E-state index contributed by atoms with van der Waals surface area (Å²) in [5.74, 6) is -8.35. The minimum atomic E-state index is -1.83. The fourth-order valence-electron chi connectivity index (χ4n) is 19.1. The SMILES string of the molecule is CCCC[C@@H](C(=O)N(C)[C@@H](CCCC)C(N)=O)N(C)C(=O)[C@H](Cc1cn(C(=O)OC(C)(C)C)c2ccccc12)NC(=O)[C@H](CCNC(=O)OC(C)(C)C)NC(=O)[C@H](Cc1cn(C(=O)OC(C)(C)C)c2ccccc12)NC(=O)[C@@H]1C[C@@H](OC(C)(C)C)CN1C(=O)[C@H](CCC(=O)OC(C)(C)C)NC(=O)[C@H](Cc1cncn1C(c1ccccc1)(c1ccccc1)c1ccccc1)NC(=O)OCC1c2ccccc2-c2ccccc21. The van der Waals surface area contributed by atoms with Crippen LogP contribution in [-0.4, -0.2) is 227 Å². The number of fused-ring (bicyclic) bond motifs is 5. The van der Waals surface area contributed by atoms with E-state index in [-0.39, 0.29) is 50.8 Å². The first-order valence-corrected chi connectivity index (χ1v) is 50.2. The Hall–Kier alpha value is -14.5. The van der Waals surface area contributed by atoms with Gasteiger partial charge in [-0.25, -0.2) is 24.2 Å². The van der Waals surface area contributed by atoms with Gasteiger partial charge in [0.2, 0.25) is 47.3 Å². The minimum absolute atomic E-state index is 0.0869. The normalized spacial score (nSPS) is 15.3. The number of alkyl carbamates (subject to hydrolysis) is 2. The van der Waals surface area contributed by atoms with E-state index in [0.29, 0.717) is 58.7 Å². The van der Waals surface area contributed by atoms with E-state index in [9.17, 15) is 24.0 Å². The number of nitrogens with two attached hydrogens (primary N) is 1. The van der Waals surface area contributed by atoms with E-state index < -0.39 is 204 Å². The highest BCUT2D eigenvalue weighted by Gasteiger charge is 2.48. The van der Waals surface area contributed by atoms with E-state index in [0.717, 1.165) is 38.9 Å². The lowest BCUT2D eigenvalue weighted by Gasteiger charge is -2.39. The number of esters is 1. The van der Waals surface area contributed by atoms with Crippen molar-refractivity contribution in [1.29, 1.82) is 0 Å². The molecule has 33 heteroatoms. The number of ether oxygens (including phenoxy) is 6. The van der Waals surface area contributed by atoms with Gasteiger partial charge in [-0.1, -0.05) is 215 Å². The van der Waals surface area contributed by atoms with Crippen molar-refractivity contribution < 1.29 is 90.8 Å². The van der Waals surface area contributed by atoms with Gasteiger partial charge in [-0.2, -0.15) is 0 Å². The number of carbonyl (C=O) groups is 13. The second-order valence-corrected chi connectivity index (χ2v) is 42.5. The van der Waals surface area contributed by atoms with Gasteiger partial charge in [0, 0.05) is 100 Å². The van der Waals surface area contributed by atoms with Crippen LogP contribution < -0.4 is 37.6 Å². The highest BCUT2D eigenvalue weighted by atomic mass is 16.6. The smallest absolute Gasteiger partial charge is 0.419 e. The van der Waals surface area contributed by atoms with Crippen molar-refractivity contribution in [2.24, 2.45) is 5.73 Å². The zero-order valence-corrected chi connectivity index (χ0v) is 87.3. The number of carbonyl (C=O) groups excluding carboxylic acids is 13. The van der Waals surface area contributed by atoms with Crippen molar-refractivity contribution in [2.45, 2.75) is 295 Å². The highest BCUT2D eigenvalue weighted by molar-refractivity contribution is 6.01. The number of nitrogens with zero attached hydrogens (tertiary/aromatic N) is 7. The van der Waals surface area contributed by atoms with Crippen LogP contribution in [0.15, 0.2) is 213 Å². The summed E-state index contributed by atoms with van der Waals surface area (Å²) in [6, 6.07) is 45.8. The molecule has 12 rings (SSSR count). The van der Waals surface area contributed by atoms with Gasteiger partial charge in [-0.05, 0) is 192 Å². The average Bonchev–Trinajstić information content (AvgIpc) is 1.47. The van der Waals surface area contributed by atoms with Gasteiger partial charge in [-0.15, -0.1) is 0 Å². The van der Waals surface area contributed by atoms with Crippen LogP contribution in [0.5, 0.6) is 0 Å². The lowest BCUT2D eigenvalue weighted by Crippen LogP contribution is -2.61. The molecule has 0 spiro atoms. The number of nitrogens with one attached hydrogen (secondary N) is 6. The summed E-state index contributed by atoms with van der Waals surface area (Å²) in [6.45, 7) is 28.4. The number of benzene rings is 7. The number of hydrogen-bond donors (Lipinski definition) is 7. The molecule has 778 valence electrons. The Kier molecular flexibility index (Phi) is 35.9. The summed E-state index contributed by atoms with van der Waals surface area (Å²) in [4.78, 5) is 207. The van der Waals surface area contributed by atoms with E-state index in [1.54, 1.807) is 165 Å². The molecule has 146 heavy (non-hydrogen) atoms. The number of unbranched alkanes of at least 4 members (excludes halogenated alkanes) is 2. The number of imidazole rings is 1. The van der Waals surface area contributed by atoms with Crippen LogP contribution in [0.3, 0.4) is 0 Å². The minimum Gasteiger partial charge on any atom is -0.460 e. The number of para-hydroxylation sites is 2. The van der Waals surface area contributed by atoms with Gasteiger partial charge in [0.15, 0.2) is 0 Å². The fourth-order valence-corrected chi connectivity index (χ4v) is 19.1. The first-order valence-electron chi connectivity index (χ1n) is 50.2. The summed E-state index contributed by atoms with van der Waals surface area (Å²) in [7, 11) is 2.84. The molecule has 1 aliphatic heterocycles. The zero-order valence-electron chi connectivity index (χ0n) is 87.3. The zero-order chi connectivity index (χ0) is 106. The molecule has 0 bridgehead atoms. The van der Waals surface area contributed by atoms with Crippen molar-refractivity contribution in [1.82, 2.24) is 65.3 Å². The van der Waals surface area contributed by atoms with Crippen LogP contribution in [-0.2, 0) is 96.4 Å². The third-order valence-electron chi connectivity index (χ3n) is 25.6. The monoisotopic (exact) mass is 2000 g/mol. The lowest BCUT2D eigenvalue weighted by atomic mass is 9.76. The number of primary amides is 1. The topological polar surface area (TPSA) is 413 Å². The Bertz CT molecular complexity index is 6170. The third-order valence-corrected chi connectivity index (χ3v) is 25.6. The van der Waals surface area contributed by atoms with Crippen molar-refractivity contribution in [3.8, 4) is 11.1 Å². The predicted molar refractivity (Wildman–Crippen MR) is 555 cm³/mol. The molecule has 1 fully saturated rings. The Morgan fingerprint density at radius 2 is 0.904 bits per heavy atom. The van der Waals surface area contributed by atoms with Crippen LogP contribution in [0.4, 0.5) is 19.2 Å². The number of amides is 10. The number of hydrogen-bond acceptors (Lipinski definition) is 20. The van der Waals surface area contributed by atoms with Gasteiger partial charge in [0.25, 0.3) is 0 Å². The Labute approximate surface area is 854 Å². The number of likely N-dealkylation sites (N-methyl/N-ethyl adjacent to an activating group) is 2. The molecule has 33 nitrogen and oxygen atoms in total. The molecule has 10 amide bonds. The Balaban J connectivity index is 0.954. The standard InChI is InChI=1S/C113H142N14O19/c1-20-22-53-92(96(114)129)122(18)103(136)93(54-23-21-2)123(19)101(134)89(62-72-67-126(107(140)146-112(15,16)17)91-56-40-38-48-79(72)91)120-97(130)85(59-60-116-104(137)144-110(9,10)11)117-98(131)87(61-71-66-125(106(139)145-111(12,13)14)90-55-39-37-47-78(71)90)119-100(133)94-64-77(142-108(3,4)5)68-124(94)102(135)86(57-58-95(128)143-109(6,7)8)118-99(132)88(121-105(138)141-69-84-82-51-35-33-49-80(82)81-50-34-36-52-83(81)84)63-76-65-115-70-127(76)113(73-41-27-24-28-42-73,74-43-29-25-30-44-74)75-45-31-26-32-46-75/h24-52,55-56,65-67,70,77,84-89,92-94H,20-23,53-54,57-64,68-69H2,1-19H3,(H2,114,129)(H,116,137)(H,117,131)(H,118,132)(H,119,133)(H,120,130)(H,121,138)/t77-,85+,86+,87+,88+,89+,92+,93+,94+/m1/s1. The van der Waals surface area contributed by atoms with Crippen LogP contribution >= 0.6 is 0 Å². The van der Waals surface area contributed by atoms with Crippen LogP contribution in [0.25, 0.3) is 32.9 Å². The van der Waals surface area contributed by atoms with Crippen LogP contribution in [0.1, 0.15) is 232 Å². The predicted octanol–water partition coefficient (Wildman–Crippen LogP) is 15.4. The molecule has 4 heterocycles. The number of likely N-dealkylation sites (tertiary alicyclic amines) is 1. The molecule has 0 unspecified atom stereocenters. The molecular formula is C113H142N14O19. The molecule has 8 N–H and O–H groups in total. The third kappa shape index (κ3) is 28.0. The number of rotatable bonds is 40. The van der Waals surface area contributed by atoms with Gasteiger partial charge in [0.1, 0.15) is 82.9 Å². The summed E-state index contributed by atoms with van der Waals surface area (Å²) in [5.41, 5.74) is 7.68. The maximum absolute atomic E-state index is 16.7. The van der Waals surface area contributed by atoms with Gasteiger partial charge in [0.05, 0.1) is 29.1 Å². The Morgan fingerprint density at radius 3 is 1.40 bits per heavy atom. The van der Waals surface area contributed by atoms with Crippen LogP contribution in [0.2, 0.25) is 0 Å². The molecule has 7 aromatic carbocycles. The summed E-state index contributed by atoms with van der Waals surface area (Å²) in [5, 5.41) is 18.2. The first kappa shape index (κ1) is 110. The van der Waals surface area contributed by atoms with Crippen molar-refractivity contribution in [2.75, 3.05) is 33.8 Å². The lowest BCUT2D eigenvalue weighted by molar-refractivity contribution is -0.155. The summed E-state index contributed by atoms with van der Waals surface area (Å²) >= 11 is 0. The van der Waals surface area contributed by atoms with Gasteiger partial charge < -0.3 is 85.3 Å². The van der Waals surface area contributed by atoms with Crippen molar-refractivity contribution in [3.05, 3.63) is 258 Å². The Morgan fingerprint density at radius 1 is 0.459 bits per heavy atom. The van der Waals surface area contributed by atoms with Gasteiger partial charge in [-0.3, -0.25) is 52.3 Å². The number of aromatic nitrogens is 4. The van der Waals surface area contributed by atoms with Gasteiger partial charge >= 0.3 is 30.3 Å². The van der Waals surface area contributed by atoms with Crippen LogP contribution in [0, 0.1) is 0 Å². The van der Waals surface area contributed by atoms with E-state index in [2.05, 4.69) is 31.9 Å². The molecule has 2 aliphatic rings. The highest BCUT2D eigenvalue weighted by Crippen LogP contribution is 2.46. The average molecular weight is 2000 g/mol. The molecule has 0 saturated carbocycles. The molecule has 10 aromatic rings. The summed E-state index contributed by atoms with van der Waals surface area (Å²) < 4.78 is 40.8. The second-order valence-electron chi connectivity index (χ2n) is 42.5.